The Hall–Kier alpha value is -0.211. The third-order valence-corrected chi connectivity index (χ3v) is 6.44. The molecule has 0 amide bonds. The number of halogens is 3. The van der Waals surface area contributed by atoms with Crippen molar-refractivity contribution in [1.29, 1.82) is 0 Å². The Morgan fingerprint density at radius 3 is 2.36 bits per heavy atom. The number of nitrogens with zero attached hydrogens (tertiary/aromatic N) is 1. The van der Waals surface area contributed by atoms with Crippen LogP contribution in [0.5, 0.6) is 0 Å². The van der Waals surface area contributed by atoms with E-state index in [9.17, 15) is 0 Å². The average molecular weight is 452 g/mol. The Labute approximate surface area is 163 Å². The molecule has 0 unspecified atom stereocenters. The molecule has 0 aliphatic rings. The number of hydrogen-bond donors (Lipinski definition) is 0. The van der Waals surface area contributed by atoms with Gasteiger partial charge in [-0.25, -0.2) is 0 Å². The van der Waals surface area contributed by atoms with Crippen LogP contribution in [0.1, 0.15) is 0 Å². The van der Waals surface area contributed by atoms with Crippen LogP contribution < -0.4 is 30.0 Å². The molecule has 1 aromatic heterocycles. The molecule has 6 heteroatoms. The van der Waals surface area contributed by atoms with Crippen molar-refractivity contribution >= 4 is 38.1 Å². The van der Waals surface area contributed by atoms with Crippen LogP contribution in [0.4, 0.5) is 0 Å². The predicted molar refractivity (Wildman–Crippen MR) is 88.8 cm³/mol. The van der Waals surface area contributed by atoms with Crippen LogP contribution >= 0.6 is 15.3 Å². The summed E-state index contributed by atoms with van der Waals surface area (Å²) >= 11 is 3.85. The van der Waals surface area contributed by atoms with Crippen LogP contribution in [0.15, 0.2) is 54.7 Å². The minimum Gasteiger partial charge on any atom is -1.00 e. The van der Waals surface area contributed by atoms with E-state index < -0.39 is 6.69 Å². The van der Waals surface area contributed by atoms with E-state index in [0.29, 0.717) is 0 Å². The number of rotatable bonds is 2. The van der Waals surface area contributed by atoms with E-state index in [1.54, 1.807) is 0 Å². The first kappa shape index (κ1) is 21.8. The maximum absolute atomic E-state index is 4.53. The fourth-order valence-corrected chi connectivity index (χ4v) is 4.04. The molecule has 2 aromatic carbocycles. The van der Waals surface area contributed by atoms with Crippen LogP contribution in [0, 0.1) is 0 Å². The molecule has 0 spiro atoms. The Kier molecular flexibility index (Phi) is 8.51. The van der Waals surface area contributed by atoms with Gasteiger partial charge in [0.1, 0.15) is 6.69 Å². The van der Waals surface area contributed by atoms with E-state index in [1.165, 1.54) is 21.7 Å². The molecule has 1 radical (unpaired) electrons. The third-order valence-electron chi connectivity index (χ3n) is 3.38. The molecule has 1 nitrogen and oxygen atoms in total. The van der Waals surface area contributed by atoms with Gasteiger partial charge in [-0.1, -0.05) is 42.4 Å². The van der Waals surface area contributed by atoms with E-state index in [1.807, 2.05) is 12.3 Å². The molecule has 3 rings (SSSR count). The van der Waals surface area contributed by atoms with Crippen LogP contribution in [-0.2, 0) is 17.4 Å². The number of benzene rings is 1. The molecule has 0 saturated carbocycles. The van der Waals surface area contributed by atoms with E-state index >= 15 is 0 Å². The molecule has 1 heterocycles. The van der Waals surface area contributed by atoms with Gasteiger partial charge in [0.05, 0.1) is 0 Å². The van der Waals surface area contributed by atoms with Gasteiger partial charge >= 0.3 is 17.4 Å². The summed E-state index contributed by atoms with van der Waals surface area (Å²) in [6.07, 6.45) is 1.86. The van der Waals surface area contributed by atoms with Gasteiger partial charge in [0.2, 0.25) is 0 Å². The zero-order chi connectivity index (χ0) is 13.5. The first-order valence-corrected chi connectivity index (χ1v) is 11.6. The van der Waals surface area contributed by atoms with Crippen molar-refractivity contribution in [3.05, 3.63) is 54.7 Å². The maximum atomic E-state index is 4.53. The molecule has 0 atom stereocenters. The van der Waals surface area contributed by atoms with Crippen molar-refractivity contribution in [2.45, 2.75) is 13.1 Å². The number of para-hydroxylation sites is 1. The Balaban J connectivity index is 0.00000147. The van der Waals surface area contributed by atoms with Gasteiger partial charge in [0.15, 0.2) is 0 Å². The fourth-order valence-electron chi connectivity index (χ4n) is 2.32. The normalized spacial score (nSPS) is 10.3. The number of hydrogen-bond acceptors (Lipinski definition) is 1. The smallest absolute Gasteiger partial charge is 1.00 e. The van der Waals surface area contributed by atoms with Crippen molar-refractivity contribution in [1.82, 2.24) is 4.98 Å². The van der Waals surface area contributed by atoms with Crippen LogP contribution in [0.3, 0.4) is 0 Å². The molecule has 0 N–H and O–H groups in total. The van der Waals surface area contributed by atoms with Gasteiger partial charge in [0, 0.05) is 11.7 Å². The number of pyridine rings is 1. The monoisotopic (exact) mass is 450 g/mol. The molecular weight excluding hydrogens is 437 g/mol. The zero-order valence-electron chi connectivity index (χ0n) is 12.2. The minimum absolute atomic E-state index is 0. The van der Waals surface area contributed by atoms with Crippen molar-refractivity contribution in [2.75, 3.05) is 0 Å². The summed E-state index contributed by atoms with van der Waals surface area (Å²) in [4.78, 5) is 4.53. The van der Waals surface area contributed by atoms with Gasteiger partial charge in [-0.3, -0.25) is 4.98 Å². The van der Waals surface area contributed by atoms with Crippen molar-refractivity contribution in [2.24, 2.45) is 0 Å². The van der Waals surface area contributed by atoms with Crippen molar-refractivity contribution < 1.29 is 42.2 Å². The Bertz CT molecular complexity index is 735. The van der Waals surface area contributed by atoms with Crippen LogP contribution in [-0.4, -0.2) is 11.7 Å². The second kappa shape index (κ2) is 8.59. The quantitative estimate of drug-likeness (QED) is 0.261. The van der Waals surface area contributed by atoms with Gasteiger partial charge in [0.25, 0.3) is 0 Å². The first-order valence-electron chi connectivity index (χ1n) is 6.36. The second-order valence-electron chi connectivity index (χ2n) is 5.24. The maximum Gasteiger partial charge on any atom is 3.00 e. The summed E-state index contributed by atoms with van der Waals surface area (Å²) in [6, 6.07) is 17.2. The van der Waals surface area contributed by atoms with Gasteiger partial charge in [-0.05, 0) is 11.5 Å². The molecule has 0 aliphatic heterocycles. The molecular formula is C16H15BrCl2CrNSi. The fraction of sp³-hybridized carbons (Fsp3) is 0.125. The standard InChI is InChI=1S/C16H15BrNSi.2ClH.Cr/c1-19(2,17)14-9-8-13(11-14)15-7-3-5-12-6-4-10-18-16(12)15;;;/h3-11H,1-2H3;2*1H;/q-1;;;+3/p-2. The van der Waals surface area contributed by atoms with Crippen molar-refractivity contribution in [3.63, 3.8) is 0 Å². The molecule has 0 aliphatic carbocycles. The topological polar surface area (TPSA) is 12.9 Å². The predicted octanol–water partition coefficient (Wildman–Crippen LogP) is -1.57. The zero-order valence-corrected chi connectivity index (χ0v) is 17.6. The van der Waals surface area contributed by atoms with E-state index in [2.05, 4.69) is 75.8 Å². The summed E-state index contributed by atoms with van der Waals surface area (Å²) in [7, 11) is 0. The van der Waals surface area contributed by atoms with Gasteiger partial charge < -0.3 is 24.8 Å². The SMILES string of the molecule is C[Si](C)(Br)c1cc[c-](-c2cccc3cccnc23)c1.[Cl-].[Cl-].[Cr+3]. The molecule has 115 valence electrons. The van der Waals surface area contributed by atoms with E-state index in [0.717, 1.165) is 5.52 Å². The summed E-state index contributed by atoms with van der Waals surface area (Å²) in [6.45, 7) is 3.18. The minimum atomic E-state index is -1.42. The summed E-state index contributed by atoms with van der Waals surface area (Å²) in [5.41, 5.74) is 3.56. The molecule has 3 aromatic rings. The average Bonchev–Trinajstić information content (AvgIpc) is 2.87. The first-order chi connectivity index (χ1) is 9.05. The Morgan fingerprint density at radius 1 is 1.05 bits per heavy atom. The van der Waals surface area contributed by atoms with Gasteiger partial charge in [-0.15, -0.1) is 44.7 Å². The Morgan fingerprint density at radius 2 is 1.73 bits per heavy atom. The van der Waals surface area contributed by atoms with E-state index in [4.69, 9.17) is 0 Å². The third kappa shape index (κ3) is 4.41. The van der Waals surface area contributed by atoms with E-state index in [-0.39, 0.29) is 42.2 Å². The second-order valence-corrected chi connectivity index (χ2v) is 14.7. The molecule has 0 bridgehead atoms. The summed E-state index contributed by atoms with van der Waals surface area (Å²) < 4.78 is 0. The van der Waals surface area contributed by atoms with Crippen molar-refractivity contribution in [3.8, 4) is 11.1 Å². The van der Waals surface area contributed by atoms with Gasteiger partial charge in [-0.2, -0.15) is 0 Å². The van der Waals surface area contributed by atoms with Crippen LogP contribution in [0.2, 0.25) is 13.1 Å². The molecule has 0 saturated heterocycles. The summed E-state index contributed by atoms with van der Waals surface area (Å²) in [5.74, 6) is 0. The van der Waals surface area contributed by atoms with Crippen LogP contribution in [0.25, 0.3) is 22.0 Å². The number of fused-ring (bicyclic) bond motifs is 1. The molecule has 0 fully saturated rings. The largest absolute Gasteiger partial charge is 3.00 e. The molecule has 22 heavy (non-hydrogen) atoms. The summed E-state index contributed by atoms with van der Waals surface area (Å²) in [5, 5.41) is 2.62. The number of aromatic nitrogens is 1.